The second-order valence-electron chi connectivity index (χ2n) is 5.76. The molecule has 1 unspecified atom stereocenters. The van der Waals surface area contributed by atoms with Crippen molar-refractivity contribution in [2.45, 2.75) is 6.54 Å². The van der Waals surface area contributed by atoms with Crippen molar-refractivity contribution in [2.75, 3.05) is 26.0 Å². The van der Waals surface area contributed by atoms with E-state index in [4.69, 9.17) is 11.6 Å². The Hall–Kier alpha value is -2.44. The normalized spacial score (nSPS) is 11.7. The van der Waals surface area contributed by atoms with Crippen molar-refractivity contribution >= 4 is 29.1 Å². The van der Waals surface area contributed by atoms with E-state index in [0.717, 1.165) is 16.5 Å². The summed E-state index contributed by atoms with van der Waals surface area (Å²) in [6.07, 6.45) is 0. The van der Waals surface area contributed by atoms with E-state index in [1.54, 1.807) is 19.2 Å². The minimum Gasteiger partial charge on any atom is -0.355 e. The summed E-state index contributed by atoms with van der Waals surface area (Å²) in [5.41, 5.74) is 1.69. The van der Waals surface area contributed by atoms with Crippen LogP contribution in [0.25, 0.3) is 0 Å². The van der Waals surface area contributed by atoms with Gasteiger partial charge in [0, 0.05) is 23.2 Å². The van der Waals surface area contributed by atoms with Gasteiger partial charge in [0.2, 0.25) is 0 Å². The quantitative estimate of drug-likeness (QED) is 0.727. The number of hydrogen-bond donors (Lipinski definition) is 3. The molecule has 0 bridgehead atoms. The molecule has 2 rings (SSSR count). The Kier molecular flexibility index (Phi) is 6.50. The molecule has 2 aromatic carbocycles. The summed E-state index contributed by atoms with van der Waals surface area (Å²) in [4.78, 5) is 24.5. The smallest absolute Gasteiger partial charge is 0.279 e. The lowest BCUT2D eigenvalue weighted by Gasteiger charge is -2.14. The number of carbonyl (C=O) groups is 2. The fourth-order valence-electron chi connectivity index (χ4n) is 2.39. The third-order valence-electron chi connectivity index (χ3n) is 3.62. The molecular weight excluding hydrogens is 345 g/mol. The molecule has 1 atom stereocenters. The largest absolute Gasteiger partial charge is 0.355 e. The Morgan fingerprint density at radius 3 is 2.44 bits per heavy atom. The SMILES string of the molecule is CNC(=O)c1ccc(C[NH+](C)CC(=O)Nc2ccc(Cl)cc2F)cc1. The number of likely N-dealkylation sites (N-methyl/N-ethyl adjacent to an activating group) is 1. The summed E-state index contributed by atoms with van der Waals surface area (Å²) in [5.74, 6) is -0.999. The van der Waals surface area contributed by atoms with Gasteiger partial charge in [0.05, 0.1) is 12.7 Å². The molecule has 2 amide bonds. The maximum atomic E-state index is 13.7. The van der Waals surface area contributed by atoms with E-state index in [9.17, 15) is 14.0 Å². The second-order valence-corrected chi connectivity index (χ2v) is 6.20. The molecule has 0 aromatic heterocycles. The fraction of sp³-hybridized carbons (Fsp3) is 0.222. The van der Waals surface area contributed by atoms with Crippen LogP contribution in [-0.4, -0.2) is 32.5 Å². The van der Waals surface area contributed by atoms with Gasteiger partial charge < -0.3 is 15.5 Å². The van der Waals surface area contributed by atoms with Gasteiger partial charge in [-0.05, 0) is 30.3 Å². The number of quaternary nitrogens is 1. The van der Waals surface area contributed by atoms with E-state index in [0.29, 0.717) is 12.1 Å². The third-order valence-corrected chi connectivity index (χ3v) is 3.85. The van der Waals surface area contributed by atoms with Crippen molar-refractivity contribution in [1.82, 2.24) is 5.32 Å². The summed E-state index contributed by atoms with van der Waals surface area (Å²) < 4.78 is 13.7. The maximum Gasteiger partial charge on any atom is 0.279 e. The van der Waals surface area contributed by atoms with E-state index < -0.39 is 5.82 Å². The Morgan fingerprint density at radius 2 is 1.84 bits per heavy atom. The average Bonchev–Trinajstić information content (AvgIpc) is 2.57. The average molecular weight is 365 g/mol. The van der Waals surface area contributed by atoms with Crippen molar-refractivity contribution in [3.63, 3.8) is 0 Å². The molecule has 0 spiro atoms. The molecule has 0 radical (unpaired) electrons. The Bertz CT molecular complexity index is 765. The molecule has 0 aliphatic carbocycles. The van der Waals surface area contributed by atoms with Crippen LogP contribution in [-0.2, 0) is 11.3 Å². The molecule has 0 aliphatic rings. The third kappa shape index (κ3) is 5.55. The van der Waals surface area contributed by atoms with Gasteiger partial charge in [0.15, 0.2) is 6.54 Å². The molecule has 0 saturated heterocycles. The summed E-state index contributed by atoms with van der Waals surface area (Å²) in [7, 11) is 3.45. The lowest BCUT2D eigenvalue weighted by atomic mass is 10.1. The first-order valence-electron chi connectivity index (χ1n) is 7.76. The number of rotatable bonds is 6. The zero-order chi connectivity index (χ0) is 18.4. The van der Waals surface area contributed by atoms with Crippen molar-refractivity contribution in [1.29, 1.82) is 0 Å². The van der Waals surface area contributed by atoms with Gasteiger partial charge in [-0.25, -0.2) is 4.39 Å². The summed E-state index contributed by atoms with van der Waals surface area (Å²) >= 11 is 5.69. The van der Waals surface area contributed by atoms with E-state index in [-0.39, 0.29) is 29.1 Å². The van der Waals surface area contributed by atoms with Gasteiger partial charge in [-0.1, -0.05) is 23.7 Å². The summed E-state index contributed by atoms with van der Waals surface area (Å²) in [5, 5.41) is 5.38. The number of benzene rings is 2. The van der Waals surface area contributed by atoms with Crippen molar-refractivity contribution in [3.8, 4) is 0 Å². The highest BCUT2D eigenvalue weighted by Crippen LogP contribution is 2.18. The van der Waals surface area contributed by atoms with Crippen molar-refractivity contribution in [3.05, 3.63) is 64.4 Å². The zero-order valence-electron chi connectivity index (χ0n) is 14.0. The first-order chi connectivity index (χ1) is 11.9. The molecule has 3 N–H and O–H groups in total. The molecule has 5 nitrogen and oxygen atoms in total. The number of amides is 2. The van der Waals surface area contributed by atoms with Crippen LogP contribution in [0.4, 0.5) is 10.1 Å². The fourth-order valence-corrected chi connectivity index (χ4v) is 2.55. The highest BCUT2D eigenvalue weighted by molar-refractivity contribution is 6.30. The van der Waals surface area contributed by atoms with Crippen LogP contribution in [0.15, 0.2) is 42.5 Å². The molecular formula is C18H20ClFN3O2+. The van der Waals surface area contributed by atoms with Gasteiger partial charge in [0.1, 0.15) is 12.4 Å². The van der Waals surface area contributed by atoms with Crippen LogP contribution in [0.2, 0.25) is 5.02 Å². The van der Waals surface area contributed by atoms with Gasteiger partial charge in [-0.3, -0.25) is 9.59 Å². The lowest BCUT2D eigenvalue weighted by molar-refractivity contribution is -0.885. The molecule has 0 heterocycles. The second kappa shape index (κ2) is 8.60. The number of carbonyl (C=O) groups excluding carboxylic acids is 2. The predicted molar refractivity (Wildman–Crippen MR) is 95.3 cm³/mol. The summed E-state index contributed by atoms with van der Waals surface area (Å²) in [6, 6.07) is 11.3. The van der Waals surface area contributed by atoms with Gasteiger partial charge in [-0.15, -0.1) is 0 Å². The van der Waals surface area contributed by atoms with Crippen LogP contribution < -0.4 is 15.5 Å². The van der Waals surface area contributed by atoms with E-state index >= 15 is 0 Å². The molecule has 2 aromatic rings. The first kappa shape index (κ1) is 18.9. The Labute approximate surface area is 150 Å². The highest BCUT2D eigenvalue weighted by atomic mass is 35.5. The minimum absolute atomic E-state index is 0.108. The number of anilines is 1. The molecule has 0 aliphatic heterocycles. The topological polar surface area (TPSA) is 62.6 Å². The molecule has 0 fully saturated rings. The van der Waals surface area contributed by atoms with Crippen LogP contribution in [0, 0.1) is 5.82 Å². The number of nitrogens with one attached hydrogen (secondary N) is 3. The van der Waals surface area contributed by atoms with E-state index in [1.165, 1.54) is 12.1 Å². The molecule has 25 heavy (non-hydrogen) atoms. The first-order valence-corrected chi connectivity index (χ1v) is 8.14. The van der Waals surface area contributed by atoms with Crippen LogP contribution in [0.3, 0.4) is 0 Å². The molecule has 7 heteroatoms. The van der Waals surface area contributed by atoms with Gasteiger partial charge in [-0.2, -0.15) is 0 Å². The lowest BCUT2D eigenvalue weighted by Crippen LogP contribution is -3.08. The number of halogens is 2. The van der Waals surface area contributed by atoms with Crippen molar-refractivity contribution < 1.29 is 18.9 Å². The predicted octanol–water partition coefficient (Wildman–Crippen LogP) is 1.49. The Balaban J connectivity index is 1.89. The van der Waals surface area contributed by atoms with E-state index in [2.05, 4.69) is 10.6 Å². The maximum absolute atomic E-state index is 13.7. The molecule has 0 saturated carbocycles. The van der Waals surface area contributed by atoms with E-state index in [1.807, 2.05) is 19.2 Å². The molecule has 132 valence electrons. The van der Waals surface area contributed by atoms with Gasteiger partial charge in [0.25, 0.3) is 11.8 Å². The van der Waals surface area contributed by atoms with Crippen LogP contribution in [0.1, 0.15) is 15.9 Å². The standard InChI is InChI=1S/C18H19ClFN3O2/c1-21-18(25)13-5-3-12(4-6-13)10-23(2)11-17(24)22-16-8-7-14(19)9-15(16)20/h3-9H,10-11H2,1-2H3,(H,21,25)(H,22,24)/p+1. The summed E-state index contributed by atoms with van der Waals surface area (Å²) in [6.45, 7) is 0.782. The minimum atomic E-state index is -0.566. The van der Waals surface area contributed by atoms with Crippen molar-refractivity contribution in [2.24, 2.45) is 0 Å². The Morgan fingerprint density at radius 1 is 1.16 bits per heavy atom. The van der Waals surface area contributed by atoms with Crippen LogP contribution in [0.5, 0.6) is 0 Å². The zero-order valence-corrected chi connectivity index (χ0v) is 14.8. The van der Waals surface area contributed by atoms with Gasteiger partial charge >= 0.3 is 0 Å². The highest BCUT2D eigenvalue weighted by Gasteiger charge is 2.13. The monoisotopic (exact) mass is 364 g/mol. The number of hydrogen-bond acceptors (Lipinski definition) is 2. The van der Waals surface area contributed by atoms with Crippen LogP contribution >= 0.6 is 11.6 Å².